The Bertz CT molecular complexity index is 452. The lowest BCUT2D eigenvalue weighted by Gasteiger charge is -2.34. The summed E-state index contributed by atoms with van der Waals surface area (Å²) in [6, 6.07) is 2.51. The lowest BCUT2D eigenvalue weighted by atomic mass is 10.0. The van der Waals surface area contributed by atoms with Crippen molar-refractivity contribution < 1.29 is 9.53 Å². The third-order valence-corrected chi connectivity index (χ3v) is 4.62. The van der Waals surface area contributed by atoms with E-state index >= 15 is 0 Å². The van der Waals surface area contributed by atoms with Crippen molar-refractivity contribution in [3.8, 4) is 6.07 Å². The zero-order chi connectivity index (χ0) is 16.5. The van der Waals surface area contributed by atoms with E-state index in [1.165, 1.54) is 6.42 Å². The van der Waals surface area contributed by atoms with Crippen LogP contribution in [0.3, 0.4) is 0 Å². The van der Waals surface area contributed by atoms with E-state index in [1.54, 1.807) is 6.20 Å². The molecule has 0 aromatic carbocycles. The maximum atomic E-state index is 12.2. The molecule has 6 nitrogen and oxygen atoms in total. The van der Waals surface area contributed by atoms with Gasteiger partial charge in [0.25, 0.3) is 5.91 Å². The summed E-state index contributed by atoms with van der Waals surface area (Å²) in [7, 11) is 0. The molecule has 1 unspecified atom stereocenters. The van der Waals surface area contributed by atoms with Crippen LogP contribution in [0.4, 0.5) is 0 Å². The van der Waals surface area contributed by atoms with Gasteiger partial charge in [-0.1, -0.05) is 6.92 Å². The van der Waals surface area contributed by atoms with E-state index in [9.17, 15) is 10.1 Å². The van der Waals surface area contributed by atoms with E-state index in [0.29, 0.717) is 12.6 Å². The molecule has 0 spiro atoms. The van der Waals surface area contributed by atoms with Crippen molar-refractivity contribution in [1.29, 1.82) is 5.26 Å². The first-order valence-corrected chi connectivity index (χ1v) is 8.70. The number of morpholine rings is 1. The molecule has 0 bridgehead atoms. The van der Waals surface area contributed by atoms with Gasteiger partial charge in [0.1, 0.15) is 11.6 Å². The average molecular weight is 320 g/mol. The van der Waals surface area contributed by atoms with E-state index in [2.05, 4.69) is 28.1 Å². The molecule has 2 aliphatic heterocycles. The summed E-state index contributed by atoms with van der Waals surface area (Å²) in [6.45, 7) is 7.78. The van der Waals surface area contributed by atoms with Crippen molar-refractivity contribution in [2.24, 2.45) is 0 Å². The number of nitrogens with zero attached hydrogens (tertiary/aromatic N) is 3. The maximum Gasteiger partial charge on any atom is 0.263 e. The molecule has 1 amide bonds. The zero-order valence-corrected chi connectivity index (χ0v) is 14.1. The summed E-state index contributed by atoms with van der Waals surface area (Å²) in [5, 5.41) is 12.2. The summed E-state index contributed by atoms with van der Waals surface area (Å²) in [6.07, 6.45) is 6.32. The van der Waals surface area contributed by atoms with Crippen LogP contribution in [-0.2, 0) is 9.53 Å². The third-order valence-electron chi connectivity index (χ3n) is 4.62. The Hall–Kier alpha value is -1.58. The van der Waals surface area contributed by atoms with E-state index in [-0.39, 0.29) is 11.5 Å². The first kappa shape index (κ1) is 17.8. The number of rotatable bonds is 6. The minimum Gasteiger partial charge on any atom is -0.379 e. The Morgan fingerprint density at radius 3 is 2.83 bits per heavy atom. The molecule has 0 aromatic rings. The average Bonchev–Trinajstić information content (AvgIpc) is 2.60. The first-order chi connectivity index (χ1) is 11.2. The minimum absolute atomic E-state index is 0.215. The number of carbonyl (C=O) groups is 1. The summed E-state index contributed by atoms with van der Waals surface area (Å²) >= 11 is 0. The van der Waals surface area contributed by atoms with Gasteiger partial charge in [0, 0.05) is 45.0 Å². The molecule has 1 N–H and O–H groups in total. The summed E-state index contributed by atoms with van der Waals surface area (Å²) in [4.78, 5) is 16.6. The molecule has 2 saturated heterocycles. The molecule has 0 radical (unpaired) electrons. The van der Waals surface area contributed by atoms with Gasteiger partial charge in [0.05, 0.1) is 13.2 Å². The van der Waals surface area contributed by atoms with E-state index < -0.39 is 0 Å². The molecule has 0 aliphatic carbocycles. The van der Waals surface area contributed by atoms with Crippen LogP contribution in [0, 0.1) is 11.3 Å². The van der Waals surface area contributed by atoms with Gasteiger partial charge in [-0.2, -0.15) is 5.26 Å². The van der Waals surface area contributed by atoms with Gasteiger partial charge >= 0.3 is 0 Å². The Morgan fingerprint density at radius 1 is 1.35 bits per heavy atom. The fraction of sp³-hybridized carbons (Fsp3) is 0.765. The third kappa shape index (κ3) is 5.52. The van der Waals surface area contributed by atoms with Crippen LogP contribution < -0.4 is 5.32 Å². The highest BCUT2D eigenvalue weighted by molar-refractivity contribution is 5.97. The molecule has 23 heavy (non-hydrogen) atoms. The maximum absolute atomic E-state index is 12.2. The minimum atomic E-state index is -0.263. The van der Waals surface area contributed by atoms with Gasteiger partial charge in [-0.15, -0.1) is 0 Å². The highest BCUT2D eigenvalue weighted by atomic mass is 16.5. The summed E-state index contributed by atoms with van der Waals surface area (Å²) in [5.41, 5.74) is 0.215. The first-order valence-electron chi connectivity index (χ1n) is 8.70. The van der Waals surface area contributed by atoms with Crippen LogP contribution in [0.1, 0.15) is 32.6 Å². The number of likely N-dealkylation sites (tertiary alicyclic amines) is 1. The molecular formula is C17H28N4O2. The molecule has 0 aromatic heterocycles. The Balaban J connectivity index is 1.82. The predicted octanol–water partition coefficient (Wildman–Crippen LogP) is 1.11. The number of nitrogens with one attached hydrogen (secondary N) is 1. The van der Waals surface area contributed by atoms with Gasteiger partial charge in [0.2, 0.25) is 0 Å². The Labute approximate surface area is 139 Å². The van der Waals surface area contributed by atoms with Crippen LogP contribution in [0.25, 0.3) is 0 Å². The molecule has 2 fully saturated rings. The monoisotopic (exact) mass is 320 g/mol. The SMILES string of the molecule is CCC1CCCCN1/C=C(/C#N)C(=O)NCCN1CCOCC1. The van der Waals surface area contributed by atoms with E-state index in [0.717, 1.165) is 58.7 Å². The topological polar surface area (TPSA) is 68.6 Å². The number of carbonyl (C=O) groups excluding carboxylic acids is 1. The highest BCUT2D eigenvalue weighted by Gasteiger charge is 2.20. The molecule has 6 heteroatoms. The molecule has 1 atom stereocenters. The zero-order valence-electron chi connectivity index (χ0n) is 14.1. The van der Waals surface area contributed by atoms with E-state index in [1.807, 2.05) is 0 Å². The van der Waals surface area contributed by atoms with Crippen molar-refractivity contribution >= 4 is 5.91 Å². The van der Waals surface area contributed by atoms with Crippen LogP contribution in [0.15, 0.2) is 11.8 Å². The van der Waals surface area contributed by atoms with Gasteiger partial charge in [-0.3, -0.25) is 9.69 Å². The van der Waals surface area contributed by atoms with Gasteiger partial charge in [0.15, 0.2) is 0 Å². The normalized spacial score (nSPS) is 23.4. The number of hydrogen-bond acceptors (Lipinski definition) is 5. The lowest BCUT2D eigenvalue weighted by Crippen LogP contribution is -2.41. The van der Waals surface area contributed by atoms with Crippen molar-refractivity contribution in [3.05, 3.63) is 11.8 Å². The van der Waals surface area contributed by atoms with Crippen molar-refractivity contribution in [2.75, 3.05) is 45.9 Å². The summed E-state index contributed by atoms with van der Waals surface area (Å²) in [5.74, 6) is -0.263. The molecular weight excluding hydrogens is 292 g/mol. The van der Waals surface area contributed by atoms with Crippen LogP contribution >= 0.6 is 0 Å². The van der Waals surface area contributed by atoms with Crippen molar-refractivity contribution in [2.45, 2.75) is 38.6 Å². The number of piperidine rings is 1. The van der Waals surface area contributed by atoms with Gasteiger partial charge in [-0.05, 0) is 25.7 Å². The van der Waals surface area contributed by atoms with Gasteiger partial charge < -0.3 is 15.0 Å². The second-order valence-corrected chi connectivity index (χ2v) is 6.16. The molecule has 2 aliphatic rings. The Morgan fingerprint density at radius 2 is 2.13 bits per heavy atom. The van der Waals surface area contributed by atoms with Gasteiger partial charge in [-0.25, -0.2) is 0 Å². The van der Waals surface area contributed by atoms with E-state index in [4.69, 9.17) is 4.74 Å². The second kappa shape index (κ2) is 9.53. The largest absolute Gasteiger partial charge is 0.379 e. The number of hydrogen-bond donors (Lipinski definition) is 1. The number of ether oxygens (including phenoxy) is 1. The molecule has 2 heterocycles. The quantitative estimate of drug-likeness (QED) is 0.586. The molecule has 128 valence electrons. The fourth-order valence-electron chi connectivity index (χ4n) is 3.18. The van der Waals surface area contributed by atoms with Crippen LogP contribution in [-0.4, -0.2) is 67.7 Å². The molecule has 2 rings (SSSR count). The number of nitriles is 1. The van der Waals surface area contributed by atoms with Crippen molar-refractivity contribution in [1.82, 2.24) is 15.1 Å². The predicted molar refractivity (Wildman–Crippen MR) is 88.6 cm³/mol. The lowest BCUT2D eigenvalue weighted by molar-refractivity contribution is -0.117. The molecule has 0 saturated carbocycles. The van der Waals surface area contributed by atoms with Crippen LogP contribution in [0.5, 0.6) is 0 Å². The highest BCUT2D eigenvalue weighted by Crippen LogP contribution is 2.20. The van der Waals surface area contributed by atoms with Crippen molar-refractivity contribution in [3.63, 3.8) is 0 Å². The Kier molecular flexibility index (Phi) is 7.37. The fourth-order valence-corrected chi connectivity index (χ4v) is 3.18. The smallest absolute Gasteiger partial charge is 0.263 e. The van der Waals surface area contributed by atoms with Crippen LogP contribution in [0.2, 0.25) is 0 Å². The number of amides is 1. The second-order valence-electron chi connectivity index (χ2n) is 6.16. The summed E-state index contributed by atoms with van der Waals surface area (Å²) < 4.78 is 5.30. The standard InChI is InChI=1S/C17H28N4O2/c1-2-16-5-3-4-7-21(16)14-15(13-18)17(22)19-6-8-20-9-11-23-12-10-20/h14,16H,2-12H2,1H3,(H,19,22)/b15-14-.